The minimum Gasteiger partial charge on any atom is -0.419 e. The highest BCUT2D eigenvalue weighted by molar-refractivity contribution is 7.91. The summed E-state index contributed by atoms with van der Waals surface area (Å²) in [6.07, 6.45) is 0. The van der Waals surface area contributed by atoms with E-state index in [9.17, 15) is 17.6 Å². The number of nitrogens with zero attached hydrogens (tertiary/aromatic N) is 3. The highest BCUT2D eigenvalue weighted by atomic mass is 32.2. The molecule has 1 amide bonds. The van der Waals surface area contributed by atoms with E-state index in [0.29, 0.717) is 31.7 Å². The molecular formula is C22H22FN3O4S. The lowest BCUT2D eigenvalue weighted by molar-refractivity contribution is -0.129. The van der Waals surface area contributed by atoms with Gasteiger partial charge in [-0.25, -0.2) is 12.8 Å². The monoisotopic (exact) mass is 443 g/mol. The number of carbonyl (C=O) groups is 1. The quantitative estimate of drug-likeness (QED) is 0.576. The number of benzene rings is 2. The van der Waals surface area contributed by atoms with Crippen LogP contribution in [-0.2, 0) is 14.6 Å². The number of rotatable bonds is 4. The standard InChI is InChI=1S/C22H22FN3O4S/c1-15-3-5-17(6-4-15)20-24-21(31(28,29)19-9-7-18(23)8-10-19)22(30-20)26-13-11-25(12-14-26)16(2)27/h3-10H,11-14H2,1-2H3. The molecule has 1 aliphatic heterocycles. The van der Waals surface area contributed by atoms with Crippen LogP contribution >= 0.6 is 0 Å². The van der Waals surface area contributed by atoms with Gasteiger partial charge in [0.05, 0.1) is 4.90 Å². The SMILES string of the molecule is CC(=O)N1CCN(c2oc(-c3ccc(C)cc3)nc2S(=O)(=O)c2ccc(F)cc2)CC1. The van der Waals surface area contributed by atoms with Crippen molar-refractivity contribution in [2.24, 2.45) is 0 Å². The van der Waals surface area contributed by atoms with Gasteiger partial charge in [0.2, 0.25) is 32.5 Å². The van der Waals surface area contributed by atoms with Gasteiger partial charge in [-0.15, -0.1) is 0 Å². The number of amides is 1. The Balaban J connectivity index is 1.78. The van der Waals surface area contributed by atoms with Crippen LogP contribution in [0.4, 0.5) is 10.3 Å². The molecule has 1 aliphatic rings. The van der Waals surface area contributed by atoms with E-state index in [1.54, 1.807) is 9.80 Å². The first kappa shape index (κ1) is 21.0. The molecule has 2 aromatic carbocycles. The van der Waals surface area contributed by atoms with Crippen LogP contribution in [0.5, 0.6) is 0 Å². The van der Waals surface area contributed by atoms with E-state index in [0.717, 1.165) is 17.7 Å². The summed E-state index contributed by atoms with van der Waals surface area (Å²) >= 11 is 0. The zero-order chi connectivity index (χ0) is 22.2. The number of hydrogen-bond acceptors (Lipinski definition) is 6. The molecule has 3 aromatic rings. The number of sulfone groups is 1. The Bertz CT molecular complexity index is 1200. The Kier molecular flexibility index (Phi) is 5.53. The first-order valence-electron chi connectivity index (χ1n) is 9.85. The van der Waals surface area contributed by atoms with Crippen molar-refractivity contribution in [1.82, 2.24) is 9.88 Å². The maximum Gasteiger partial charge on any atom is 0.236 e. The van der Waals surface area contributed by atoms with Crippen molar-refractivity contribution in [2.45, 2.75) is 23.8 Å². The Morgan fingerprint density at radius 3 is 2.19 bits per heavy atom. The highest BCUT2D eigenvalue weighted by Crippen LogP contribution is 2.35. The predicted octanol–water partition coefficient (Wildman–Crippen LogP) is 3.29. The second kappa shape index (κ2) is 8.14. The third-order valence-corrected chi connectivity index (χ3v) is 6.94. The molecule has 0 N–H and O–H groups in total. The number of hydrogen-bond donors (Lipinski definition) is 0. The summed E-state index contributed by atoms with van der Waals surface area (Å²) in [7, 11) is -4.05. The van der Waals surface area contributed by atoms with Gasteiger partial charge in [-0.1, -0.05) is 17.7 Å². The Morgan fingerprint density at radius 1 is 1.00 bits per heavy atom. The van der Waals surface area contributed by atoms with Crippen LogP contribution in [0.25, 0.3) is 11.5 Å². The lowest BCUT2D eigenvalue weighted by Gasteiger charge is -2.34. The molecule has 31 heavy (non-hydrogen) atoms. The normalized spacial score (nSPS) is 14.7. The minimum absolute atomic E-state index is 0.0308. The van der Waals surface area contributed by atoms with Gasteiger partial charge < -0.3 is 14.2 Å². The van der Waals surface area contributed by atoms with E-state index >= 15 is 0 Å². The van der Waals surface area contributed by atoms with Crippen molar-refractivity contribution in [3.63, 3.8) is 0 Å². The number of piperazine rings is 1. The first-order chi connectivity index (χ1) is 14.8. The van der Waals surface area contributed by atoms with Crippen molar-refractivity contribution in [2.75, 3.05) is 31.1 Å². The van der Waals surface area contributed by atoms with Crippen LogP contribution in [0.15, 0.2) is 62.9 Å². The minimum atomic E-state index is -4.05. The highest BCUT2D eigenvalue weighted by Gasteiger charge is 2.33. The second-order valence-electron chi connectivity index (χ2n) is 7.45. The van der Waals surface area contributed by atoms with Gasteiger partial charge in [-0.2, -0.15) is 4.98 Å². The molecule has 0 saturated carbocycles. The van der Waals surface area contributed by atoms with Crippen molar-refractivity contribution >= 4 is 21.6 Å². The maximum absolute atomic E-state index is 13.3. The van der Waals surface area contributed by atoms with Crippen LogP contribution in [0.1, 0.15) is 12.5 Å². The summed E-state index contributed by atoms with van der Waals surface area (Å²) < 4.78 is 46.0. The number of aryl methyl sites for hydroxylation is 1. The third kappa shape index (κ3) is 4.18. The van der Waals surface area contributed by atoms with E-state index in [2.05, 4.69) is 4.98 Å². The summed E-state index contributed by atoms with van der Waals surface area (Å²) in [6.45, 7) is 5.17. The largest absolute Gasteiger partial charge is 0.419 e. The Labute approximate surface area is 180 Å². The fourth-order valence-corrected chi connectivity index (χ4v) is 4.76. The molecule has 0 unspecified atom stereocenters. The van der Waals surface area contributed by atoms with Crippen molar-refractivity contribution in [1.29, 1.82) is 0 Å². The molecule has 0 spiro atoms. The van der Waals surface area contributed by atoms with Crippen LogP contribution in [0, 0.1) is 12.7 Å². The van der Waals surface area contributed by atoms with Crippen LogP contribution in [-0.4, -0.2) is 50.4 Å². The average molecular weight is 444 g/mol. The lowest BCUT2D eigenvalue weighted by atomic mass is 10.1. The molecule has 0 bridgehead atoms. The van der Waals surface area contributed by atoms with Gasteiger partial charge >= 0.3 is 0 Å². The lowest BCUT2D eigenvalue weighted by Crippen LogP contribution is -2.48. The zero-order valence-electron chi connectivity index (χ0n) is 17.2. The van der Waals surface area contributed by atoms with Gasteiger partial charge in [-0.05, 0) is 43.3 Å². The Hall–Kier alpha value is -3.20. The molecule has 9 heteroatoms. The van der Waals surface area contributed by atoms with Crippen LogP contribution in [0.2, 0.25) is 0 Å². The van der Waals surface area contributed by atoms with Crippen molar-refractivity contribution in [3.05, 3.63) is 59.9 Å². The van der Waals surface area contributed by atoms with Gasteiger partial charge in [0, 0.05) is 38.7 Å². The second-order valence-corrected chi connectivity index (χ2v) is 9.31. The number of anilines is 1. The molecule has 1 aromatic heterocycles. The number of aromatic nitrogens is 1. The fraction of sp³-hybridized carbons (Fsp3) is 0.273. The fourth-order valence-electron chi connectivity index (χ4n) is 3.44. The van der Waals surface area contributed by atoms with E-state index < -0.39 is 15.7 Å². The van der Waals surface area contributed by atoms with Crippen LogP contribution < -0.4 is 4.90 Å². The molecule has 4 rings (SSSR count). The van der Waals surface area contributed by atoms with E-state index in [4.69, 9.17) is 4.42 Å². The summed E-state index contributed by atoms with van der Waals surface area (Å²) in [4.78, 5) is 19.4. The van der Waals surface area contributed by atoms with Gasteiger partial charge in [0.15, 0.2) is 0 Å². The van der Waals surface area contributed by atoms with Crippen molar-refractivity contribution < 1.29 is 22.0 Å². The Morgan fingerprint density at radius 2 is 1.61 bits per heavy atom. The molecule has 7 nitrogen and oxygen atoms in total. The van der Waals surface area contributed by atoms with E-state index in [1.807, 2.05) is 31.2 Å². The predicted molar refractivity (Wildman–Crippen MR) is 113 cm³/mol. The molecule has 2 heterocycles. The van der Waals surface area contributed by atoms with Gasteiger partial charge in [-0.3, -0.25) is 4.79 Å². The maximum atomic E-state index is 13.3. The molecule has 0 atom stereocenters. The van der Waals surface area contributed by atoms with E-state index in [1.165, 1.54) is 19.1 Å². The van der Waals surface area contributed by atoms with Crippen molar-refractivity contribution in [3.8, 4) is 11.5 Å². The number of oxazole rings is 1. The molecule has 0 aliphatic carbocycles. The number of halogens is 1. The molecule has 162 valence electrons. The molecule has 0 radical (unpaired) electrons. The molecule has 1 fully saturated rings. The summed E-state index contributed by atoms with van der Waals surface area (Å²) in [5.74, 6) is -0.246. The zero-order valence-corrected chi connectivity index (χ0v) is 18.0. The van der Waals surface area contributed by atoms with Gasteiger partial charge in [0.1, 0.15) is 5.82 Å². The summed E-state index contributed by atoms with van der Waals surface area (Å²) in [5, 5.41) is -0.217. The van der Waals surface area contributed by atoms with E-state index in [-0.39, 0.29) is 27.6 Å². The first-order valence-corrected chi connectivity index (χ1v) is 11.3. The summed E-state index contributed by atoms with van der Waals surface area (Å²) in [5.41, 5.74) is 1.70. The summed E-state index contributed by atoms with van der Waals surface area (Å²) in [6, 6.07) is 12.0. The average Bonchev–Trinajstić information content (AvgIpc) is 3.21. The molecular weight excluding hydrogens is 421 g/mol. The number of carbonyl (C=O) groups excluding carboxylic acids is 1. The van der Waals surface area contributed by atoms with Crippen LogP contribution in [0.3, 0.4) is 0 Å². The van der Waals surface area contributed by atoms with Gasteiger partial charge in [0.25, 0.3) is 0 Å². The topological polar surface area (TPSA) is 83.7 Å². The third-order valence-electron chi connectivity index (χ3n) is 5.27. The smallest absolute Gasteiger partial charge is 0.236 e. The molecule has 1 saturated heterocycles.